The van der Waals surface area contributed by atoms with Crippen LogP contribution in [0.25, 0.3) is 16.7 Å². The van der Waals surface area contributed by atoms with Gasteiger partial charge in [-0.05, 0) is 12.1 Å². The van der Waals surface area contributed by atoms with Crippen molar-refractivity contribution in [2.75, 3.05) is 0 Å². The summed E-state index contributed by atoms with van der Waals surface area (Å²) in [5.41, 5.74) is 2.57. The molecule has 3 heterocycles. The molecule has 0 aromatic carbocycles. The van der Waals surface area contributed by atoms with Crippen LogP contribution in [0.15, 0.2) is 36.9 Å². The Bertz CT molecular complexity index is 625. The first-order valence-electron chi connectivity index (χ1n) is 4.95. The summed E-state index contributed by atoms with van der Waals surface area (Å²) in [6.45, 7) is 0.00135. The van der Waals surface area contributed by atoms with Crippen LogP contribution in [0.4, 0.5) is 0 Å². The van der Waals surface area contributed by atoms with E-state index in [9.17, 15) is 0 Å². The minimum Gasteiger partial charge on any atom is -0.392 e. The van der Waals surface area contributed by atoms with Crippen LogP contribution in [0.5, 0.6) is 0 Å². The van der Waals surface area contributed by atoms with E-state index < -0.39 is 0 Å². The average Bonchev–Trinajstić information content (AvgIpc) is 2.97. The molecule has 2 N–H and O–H groups in total. The van der Waals surface area contributed by atoms with Gasteiger partial charge in [-0.25, -0.2) is 9.67 Å². The van der Waals surface area contributed by atoms with Gasteiger partial charge in [-0.3, -0.25) is 0 Å². The molecule has 3 aromatic rings. The van der Waals surface area contributed by atoms with Crippen LogP contribution in [0.3, 0.4) is 0 Å². The molecule has 0 spiro atoms. The number of aromatic amines is 1. The summed E-state index contributed by atoms with van der Waals surface area (Å²) in [5, 5.41) is 14.2. The lowest BCUT2D eigenvalue weighted by Crippen LogP contribution is -1.95. The first-order valence-corrected chi connectivity index (χ1v) is 4.95. The van der Waals surface area contributed by atoms with Crippen LogP contribution < -0.4 is 0 Å². The van der Waals surface area contributed by atoms with Gasteiger partial charge in [-0.15, -0.1) is 0 Å². The van der Waals surface area contributed by atoms with Crippen LogP contribution >= 0.6 is 0 Å². The molecule has 3 rings (SSSR count). The Morgan fingerprint density at radius 3 is 3.12 bits per heavy atom. The van der Waals surface area contributed by atoms with E-state index >= 15 is 0 Å². The van der Waals surface area contributed by atoms with Crippen molar-refractivity contribution in [2.45, 2.75) is 6.61 Å². The molecule has 0 fully saturated rings. The maximum atomic E-state index is 9.00. The fraction of sp³-hybridized carbons (Fsp3) is 0.0909. The highest BCUT2D eigenvalue weighted by atomic mass is 16.3. The number of H-pyrrole nitrogens is 1. The summed E-state index contributed by atoms with van der Waals surface area (Å²) in [7, 11) is 0. The lowest BCUT2D eigenvalue weighted by atomic mass is 10.3. The monoisotopic (exact) mass is 214 g/mol. The Hall–Kier alpha value is -2.14. The summed E-state index contributed by atoms with van der Waals surface area (Å²) in [6, 6.07) is 3.85. The van der Waals surface area contributed by atoms with Crippen LogP contribution in [0.2, 0.25) is 0 Å². The van der Waals surface area contributed by atoms with Crippen molar-refractivity contribution >= 4 is 11.0 Å². The van der Waals surface area contributed by atoms with E-state index in [1.165, 1.54) is 0 Å². The minimum atomic E-state index is 0.00135. The largest absolute Gasteiger partial charge is 0.392 e. The third-order valence-electron chi connectivity index (χ3n) is 2.50. The summed E-state index contributed by atoms with van der Waals surface area (Å²) in [5.74, 6) is 0. The van der Waals surface area contributed by atoms with Crippen LogP contribution in [0, 0.1) is 0 Å². The molecule has 0 aliphatic carbocycles. The Balaban J connectivity index is 2.21. The molecule has 5 heteroatoms. The number of hydrogen-bond acceptors (Lipinski definition) is 3. The number of aliphatic hydroxyl groups excluding tert-OH is 1. The van der Waals surface area contributed by atoms with Crippen molar-refractivity contribution in [3.63, 3.8) is 0 Å². The van der Waals surface area contributed by atoms with Gasteiger partial charge in [0.2, 0.25) is 0 Å². The zero-order chi connectivity index (χ0) is 11.0. The highest BCUT2D eigenvalue weighted by Gasteiger charge is 2.05. The maximum Gasteiger partial charge on any atom is 0.139 e. The third-order valence-corrected chi connectivity index (χ3v) is 2.50. The third kappa shape index (κ3) is 1.30. The lowest BCUT2D eigenvalue weighted by molar-refractivity contribution is 0.282. The minimum absolute atomic E-state index is 0.00135. The van der Waals surface area contributed by atoms with Gasteiger partial charge >= 0.3 is 0 Å². The van der Waals surface area contributed by atoms with Crippen LogP contribution in [-0.2, 0) is 6.61 Å². The van der Waals surface area contributed by atoms with E-state index in [0.29, 0.717) is 0 Å². The van der Waals surface area contributed by atoms with Crippen molar-refractivity contribution in [3.8, 4) is 5.69 Å². The number of aliphatic hydroxyl groups is 1. The second-order valence-corrected chi connectivity index (χ2v) is 3.52. The van der Waals surface area contributed by atoms with Crippen molar-refractivity contribution < 1.29 is 5.11 Å². The van der Waals surface area contributed by atoms with E-state index in [1.54, 1.807) is 17.1 Å². The smallest absolute Gasteiger partial charge is 0.139 e. The number of pyridine rings is 1. The maximum absolute atomic E-state index is 9.00. The van der Waals surface area contributed by atoms with Gasteiger partial charge in [-0.1, -0.05) is 0 Å². The zero-order valence-electron chi connectivity index (χ0n) is 8.46. The summed E-state index contributed by atoms with van der Waals surface area (Å²) < 4.78 is 1.74. The van der Waals surface area contributed by atoms with Crippen molar-refractivity contribution in [1.29, 1.82) is 0 Å². The Morgan fingerprint density at radius 1 is 1.38 bits per heavy atom. The lowest BCUT2D eigenvalue weighted by Gasteiger charge is -2.01. The van der Waals surface area contributed by atoms with Crippen molar-refractivity contribution in [2.24, 2.45) is 0 Å². The zero-order valence-corrected chi connectivity index (χ0v) is 8.46. The molecule has 0 unspecified atom stereocenters. The second-order valence-electron chi connectivity index (χ2n) is 3.52. The van der Waals surface area contributed by atoms with Gasteiger partial charge < -0.3 is 10.1 Å². The van der Waals surface area contributed by atoms with Gasteiger partial charge in [0, 0.05) is 29.5 Å². The van der Waals surface area contributed by atoms with Crippen molar-refractivity contribution in [3.05, 3.63) is 42.5 Å². The summed E-state index contributed by atoms with van der Waals surface area (Å²) in [6.07, 6.45) is 7.03. The highest BCUT2D eigenvalue weighted by Crippen LogP contribution is 2.18. The number of nitrogens with zero attached hydrogens (tertiary/aromatic N) is 3. The number of hydrogen-bond donors (Lipinski definition) is 2. The number of aromatic nitrogens is 4. The molecule has 5 nitrogen and oxygen atoms in total. The predicted octanol–water partition coefficient (Wildman–Crippen LogP) is 1.24. The van der Waals surface area contributed by atoms with Gasteiger partial charge in [0.15, 0.2) is 0 Å². The van der Waals surface area contributed by atoms with Gasteiger partial charge in [0.1, 0.15) is 5.65 Å². The first kappa shape index (κ1) is 9.11. The molecule has 0 atom stereocenters. The standard InChI is InChI=1S/C11H10N4O/c16-7-8-5-14-15(6-8)10-2-4-13-11-9(10)1-3-12-11/h1-6,16H,7H2,(H,12,13). The summed E-state index contributed by atoms with van der Waals surface area (Å²) in [4.78, 5) is 7.26. The molecule has 3 aromatic heterocycles. The number of rotatable bonds is 2. The fourth-order valence-corrected chi connectivity index (χ4v) is 1.72. The Morgan fingerprint density at radius 2 is 2.31 bits per heavy atom. The van der Waals surface area contributed by atoms with E-state index in [0.717, 1.165) is 22.3 Å². The molecule has 0 aliphatic heterocycles. The normalized spacial score (nSPS) is 11.1. The summed E-state index contributed by atoms with van der Waals surface area (Å²) >= 11 is 0. The molecule has 80 valence electrons. The first-order chi connectivity index (χ1) is 7.88. The van der Waals surface area contributed by atoms with Gasteiger partial charge in [0.05, 0.1) is 18.5 Å². The molecule has 0 saturated carbocycles. The van der Waals surface area contributed by atoms with Gasteiger partial charge in [0.25, 0.3) is 0 Å². The van der Waals surface area contributed by atoms with E-state index in [1.807, 2.05) is 24.5 Å². The van der Waals surface area contributed by atoms with E-state index in [4.69, 9.17) is 5.11 Å². The van der Waals surface area contributed by atoms with Crippen LogP contribution in [0.1, 0.15) is 5.56 Å². The molecular weight excluding hydrogens is 204 g/mol. The fourth-order valence-electron chi connectivity index (χ4n) is 1.72. The molecule has 16 heavy (non-hydrogen) atoms. The highest BCUT2D eigenvalue weighted by molar-refractivity contribution is 5.84. The molecule has 0 bridgehead atoms. The molecule has 0 amide bonds. The van der Waals surface area contributed by atoms with Crippen LogP contribution in [-0.4, -0.2) is 24.9 Å². The Labute approximate surface area is 91.4 Å². The SMILES string of the molecule is OCc1cnn(-c2ccnc3[nH]ccc23)c1. The molecule has 0 radical (unpaired) electrons. The Kier molecular flexibility index (Phi) is 1.97. The van der Waals surface area contributed by atoms with Crippen molar-refractivity contribution in [1.82, 2.24) is 19.7 Å². The predicted molar refractivity (Wildman–Crippen MR) is 59.1 cm³/mol. The molecule has 0 saturated heterocycles. The van der Waals surface area contributed by atoms with E-state index in [-0.39, 0.29) is 6.61 Å². The quantitative estimate of drug-likeness (QED) is 0.674. The second kappa shape index (κ2) is 3.46. The molecule has 0 aliphatic rings. The average molecular weight is 214 g/mol. The van der Waals surface area contributed by atoms with E-state index in [2.05, 4.69) is 15.1 Å². The molecular formula is C11H10N4O. The number of fused-ring (bicyclic) bond motifs is 1. The number of nitrogens with one attached hydrogen (secondary N) is 1. The van der Waals surface area contributed by atoms with Gasteiger partial charge in [-0.2, -0.15) is 5.10 Å². The topological polar surface area (TPSA) is 66.7 Å².